The average Bonchev–Trinajstić information content (AvgIpc) is 2.79. The molecule has 0 aliphatic rings. The molecule has 0 atom stereocenters. The molecule has 0 saturated heterocycles. The van der Waals surface area contributed by atoms with Crippen LogP contribution in [0.3, 0.4) is 0 Å². The van der Waals surface area contributed by atoms with E-state index in [2.05, 4.69) is 53.5 Å². The molecule has 0 spiro atoms. The van der Waals surface area contributed by atoms with Crippen LogP contribution >= 0.6 is 0 Å². The lowest BCUT2D eigenvalue weighted by Gasteiger charge is -2.28. The number of phenols is 1. The van der Waals surface area contributed by atoms with Crippen molar-refractivity contribution in [2.45, 2.75) is 72.1 Å². The van der Waals surface area contributed by atoms with Gasteiger partial charge in [-0.1, -0.05) is 54.9 Å². The highest BCUT2D eigenvalue weighted by atomic mass is 16.5. The van der Waals surface area contributed by atoms with Crippen molar-refractivity contribution in [1.82, 2.24) is 9.88 Å². The third-order valence-electron chi connectivity index (χ3n) is 5.77. The van der Waals surface area contributed by atoms with E-state index in [-0.39, 0.29) is 23.3 Å². The second kappa shape index (κ2) is 12.0. The third kappa shape index (κ3) is 8.23. The van der Waals surface area contributed by atoms with Gasteiger partial charge in [-0.05, 0) is 53.2 Å². The molecule has 1 aromatic heterocycles. The molecule has 0 bridgehead atoms. The van der Waals surface area contributed by atoms with Crippen molar-refractivity contribution in [3.8, 4) is 5.75 Å². The third-order valence-corrected chi connectivity index (χ3v) is 5.77. The van der Waals surface area contributed by atoms with E-state index in [1.54, 1.807) is 29.2 Å². The summed E-state index contributed by atoms with van der Waals surface area (Å²) in [5.41, 5.74) is 2.51. The normalized spacial score (nSPS) is 12.1. The molecule has 6 heteroatoms. The van der Waals surface area contributed by atoms with Crippen LogP contribution in [0.1, 0.15) is 88.4 Å². The highest BCUT2D eigenvalue weighted by Crippen LogP contribution is 2.40. The molecular weight excluding hydrogens is 440 g/mol. The fraction of sp³-hybridized carbons (Fsp3) is 0.483. The summed E-state index contributed by atoms with van der Waals surface area (Å²) in [6, 6.07) is 7.09. The standard InChI is InChI=1S/C29H40N2O4/c1-8-9-16-31(17-18-35-27(34)22-12-14-30-15-13-22)25(32)11-10-21-19-23(28(2,3)4)26(33)24(20-21)29(5,6)7/h10-15,19-20,33H,8-9,16-18H2,1-7H3/b11-10+. The van der Waals surface area contributed by atoms with Gasteiger partial charge >= 0.3 is 5.97 Å². The number of nitrogens with zero attached hydrogens (tertiary/aromatic N) is 2. The molecule has 0 saturated carbocycles. The van der Waals surface area contributed by atoms with Crippen LogP contribution in [-0.4, -0.2) is 46.6 Å². The van der Waals surface area contributed by atoms with Crippen LogP contribution < -0.4 is 0 Å². The second-order valence-electron chi connectivity index (χ2n) is 10.8. The Hall–Kier alpha value is -3.15. The number of carbonyl (C=O) groups is 2. The van der Waals surface area contributed by atoms with Gasteiger partial charge in [0, 0.05) is 36.1 Å². The fourth-order valence-electron chi connectivity index (χ4n) is 3.67. The van der Waals surface area contributed by atoms with Gasteiger partial charge in [0.2, 0.25) is 5.91 Å². The van der Waals surface area contributed by atoms with Crippen molar-refractivity contribution in [3.05, 3.63) is 65.0 Å². The number of amides is 1. The number of aromatic hydroxyl groups is 1. The number of pyridine rings is 1. The second-order valence-corrected chi connectivity index (χ2v) is 10.8. The van der Waals surface area contributed by atoms with Crippen molar-refractivity contribution in [1.29, 1.82) is 0 Å². The van der Waals surface area contributed by atoms with Crippen molar-refractivity contribution in [3.63, 3.8) is 0 Å². The number of hydrogen-bond acceptors (Lipinski definition) is 5. The molecule has 0 aliphatic heterocycles. The van der Waals surface area contributed by atoms with Gasteiger partial charge in [0.25, 0.3) is 0 Å². The number of rotatable bonds is 9. The molecule has 6 nitrogen and oxygen atoms in total. The van der Waals surface area contributed by atoms with Crippen molar-refractivity contribution in [2.24, 2.45) is 0 Å². The average molecular weight is 481 g/mol. The number of benzene rings is 1. The molecule has 1 amide bonds. The Bertz CT molecular complexity index is 996. The van der Waals surface area contributed by atoms with Crippen molar-refractivity contribution < 1.29 is 19.4 Å². The first-order valence-corrected chi connectivity index (χ1v) is 12.3. The molecule has 2 rings (SSSR count). The maximum Gasteiger partial charge on any atom is 0.338 e. The van der Waals surface area contributed by atoms with Gasteiger partial charge in [0.1, 0.15) is 12.4 Å². The first-order valence-electron chi connectivity index (χ1n) is 12.3. The predicted molar refractivity (Wildman–Crippen MR) is 141 cm³/mol. The summed E-state index contributed by atoms with van der Waals surface area (Å²) in [7, 11) is 0. The van der Waals surface area contributed by atoms with Gasteiger partial charge < -0.3 is 14.7 Å². The van der Waals surface area contributed by atoms with E-state index >= 15 is 0 Å². The summed E-state index contributed by atoms with van der Waals surface area (Å²) >= 11 is 0. The Morgan fingerprint density at radius 2 is 1.57 bits per heavy atom. The van der Waals surface area contributed by atoms with Gasteiger partial charge in [0.15, 0.2) is 0 Å². The minimum absolute atomic E-state index is 0.117. The molecule has 0 radical (unpaired) electrons. The molecule has 35 heavy (non-hydrogen) atoms. The van der Waals surface area contributed by atoms with E-state index in [1.807, 2.05) is 12.1 Å². The molecule has 0 aliphatic carbocycles. The van der Waals surface area contributed by atoms with E-state index in [4.69, 9.17) is 4.74 Å². The largest absolute Gasteiger partial charge is 0.507 e. The molecular formula is C29H40N2O4. The first kappa shape index (κ1) is 28.1. The highest BCUT2D eigenvalue weighted by Gasteiger charge is 2.26. The molecule has 1 heterocycles. The van der Waals surface area contributed by atoms with Gasteiger partial charge in [-0.25, -0.2) is 4.79 Å². The van der Waals surface area contributed by atoms with Gasteiger partial charge in [0.05, 0.1) is 12.1 Å². The zero-order chi connectivity index (χ0) is 26.2. The Morgan fingerprint density at radius 1 is 1.00 bits per heavy atom. The number of carbonyl (C=O) groups excluding carboxylic acids is 2. The zero-order valence-corrected chi connectivity index (χ0v) is 22.2. The molecule has 190 valence electrons. The molecule has 1 N–H and O–H groups in total. The topological polar surface area (TPSA) is 79.7 Å². The molecule has 2 aromatic rings. The number of phenolic OH excluding ortho intramolecular Hbond substituents is 1. The lowest BCUT2D eigenvalue weighted by molar-refractivity contribution is -0.126. The summed E-state index contributed by atoms with van der Waals surface area (Å²) in [5.74, 6) is -0.255. The number of ether oxygens (including phenoxy) is 1. The Kier molecular flexibility index (Phi) is 9.64. The first-order chi connectivity index (χ1) is 16.3. The monoisotopic (exact) mass is 480 g/mol. The van der Waals surface area contributed by atoms with E-state index in [1.165, 1.54) is 12.4 Å². The lowest BCUT2D eigenvalue weighted by Crippen LogP contribution is -2.34. The maximum atomic E-state index is 13.0. The molecule has 0 fully saturated rings. The van der Waals surface area contributed by atoms with Gasteiger partial charge in [-0.15, -0.1) is 0 Å². The molecule has 0 unspecified atom stereocenters. The van der Waals surface area contributed by atoms with E-state index < -0.39 is 5.97 Å². The number of hydrogen-bond donors (Lipinski definition) is 1. The summed E-state index contributed by atoms with van der Waals surface area (Å²) in [5, 5.41) is 10.9. The van der Waals surface area contributed by atoms with Crippen LogP contribution in [0.2, 0.25) is 0 Å². The van der Waals surface area contributed by atoms with Crippen LogP contribution in [0.25, 0.3) is 6.08 Å². The Labute approximate surface area is 210 Å². The minimum Gasteiger partial charge on any atom is -0.507 e. The summed E-state index contributed by atoms with van der Waals surface area (Å²) < 4.78 is 5.36. The van der Waals surface area contributed by atoms with E-state index in [0.717, 1.165) is 29.5 Å². The predicted octanol–water partition coefficient (Wildman–Crippen LogP) is 5.88. The summed E-state index contributed by atoms with van der Waals surface area (Å²) in [4.78, 5) is 30.8. The minimum atomic E-state index is -0.431. The lowest BCUT2D eigenvalue weighted by atomic mass is 9.78. The number of esters is 1. The van der Waals surface area contributed by atoms with Crippen LogP contribution in [0, 0.1) is 0 Å². The zero-order valence-electron chi connectivity index (χ0n) is 22.2. The van der Waals surface area contributed by atoms with Crippen LogP contribution in [0.4, 0.5) is 0 Å². The SMILES string of the molecule is CCCCN(CCOC(=O)c1ccncc1)C(=O)/C=C/c1cc(C(C)(C)C)c(O)c(C(C)(C)C)c1. The summed E-state index contributed by atoms with van der Waals surface area (Å²) in [6.45, 7) is 15.5. The van der Waals surface area contributed by atoms with Crippen molar-refractivity contribution >= 4 is 18.0 Å². The van der Waals surface area contributed by atoms with Crippen LogP contribution in [0.5, 0.6) is 5.75 Å². The van der Waals surface area contributed by atoms with Crippen LogP contribution in [0.15, 0.2) is 42.7 Å². The number of unbranched alkanes of at least 4 members (excludes halogenated alkanes) is 1. The highest BCUT2D eigenvalue weighted by molar-refractivity contribution is 5.92. The van der Waals surface area contributed by atoms with Gasteiger partial charge in [-0.3, -0.25) is 9.78 Å². The fourth-order valence-corrected chi connectivity index (χ4v) is 3.67. The quantitative estimate of drug-likeness (QED) is 0.358. The van der Waals surface area contributed by atoms with Crippen molar-refractivity contribution in [2.75, 3.05) is 19.7 Å². The smallest absolute Gasteiger partial charge is 0.338 e. The van der Waals surface area contributed by atoms with E-state index in [0.29, 0.717) is 24.4 Å². The van der Waals surface area contributed by atoms with Gasteiger partial charge in [-0.2, -0.15) is 0 Å². The molecule has 1 aromatic carbocycles. The number of aromatic nitrogens is 1. The van der Waals surface area contributed by atoms with Crippen LogP contribution in [-0.2, 0) is 20.4 Å². The van der Waals surface area contributed by atoms with E-state index in [9.17, 15) is 14.7 Å². The Morgan fingerprint density at radius 3 is 2.09 bits per heavy atom. The maximum absolute atomic E-state index is 13.0. The summed E-state index contributed by atoms with van der Waals surface area (Å²) in [6.07, 6.45) is 8.25. The Balaban J connectivity index is 2.19.